The number of carbonyl (C=O) groups is 2. The number of nitrogens with one attached hydrogen (secondary N) is 1. The van der Waals surface area contributed by atoms with Crippen LogP contribution >= 0.6 is 27.3 Å². The molecule has 0 radical (unpaired) electrons. The lowest BCUT2D eigenvalue weighted by atomic mass is 10.0. The number of thiophene rings is 1. The molecule has 1 aliphatic heterocycles. The predicted octanol–water partition coefficient (Wildman–Crippen LogP) is 2.80. The van der Waals surface area contributed by atoms with Crippen LogP contribution in [-0.4, -0.2) is 59.8 Å². The fourth-order valence-corrected chi connectivity index (χ4v) is 4.51. The highest BCUT2D eigenvalue weighted by atomic mass is 79.9. The first-order valence-corrected chi connectivity index (χ1v) is 9.66. The lowest BCUT2D eigenvalue weighted by molar-refractivity contribution is 0.0484. The maximum absolute atomic E-state index is 14.2. The number of hydrogen-bond donors (Lipinski definition) is 3. The first-order chi connectivity index (χ1) is 12.0. The third-order valence-electron chi connectivity index (χ3n) is 3.67. The minimum absolute atomic E-state index is 0.0110. The Kier molecular flexibility index (Phi) is 6.51. The van der Waals surface area contributed by atoms with Gasteiger partial charge >= 0.3 is 12.1 Å². The van der Waals surface area contributed by atoms with E-state index in [1.165, 1.54) is 0 Å². The van der Waals surface area contributed by atoms with Gasteiger partial charge in [0.05, 0.1) is 22.1 Å². The topological polar surface area (TPSA) is 99.1 Å². The van der Waals surface area contributed by atoms with Crippen LogP contribution < -0.4 is 10.2 Å². The van der Waals surface area contributed by atoms with Crippen molar-refractivity contribution >= 4 is 45.0 Å². The van der Waals surface area contributed by atoms with Crippen LogP contribution in [-0.2, 0) is 11.2 Å². The molecule has 0 saturated carbocycles. The van der Waals surface area contributed by atoms with E-state index in [1.54, 1.807) is 25.7 Å². The van der Waals surface area contributed by atoms with E-state index in [-0.39, 0.29) is 24.4 Å². The molecule has 0 bridgehead atoms. The molecule has 0 fully saturated rings. The largest absolute Gasteiger partial charge is 0.477 e. The minimum Gasteiger partial charge on any atom is -0.477 e. The number of anilines is 1. The first kappa shape index (κ1) is 20.9. The zero-order valence-electron chi connectivity index (χ0n) is 14.7. The number of nitrogens with zero attached hydrogens (tertiary/aromatic N) is 1. The van der Waals surface area contributed by atoms with E-state index >= 15 is 0 Å². The van der Waals surface area contributed by atoms with E-state index in [1.807, 2.05) is 0 Å². The van der Waals surface area contributed by atoms with E-state index in [4.69, 9.17) is 4.74 Å². The molecule has 1 aliphatic rings. The molecule has 1 aromatic heterocycles. The number of carbonyl (C=O) groups excluding carboxylic acids is 1. The second-order valence-electron chi connectivity index (χ2n) is 7.07. The number of aromatic carboxylic acids is 1. The first-order valence-electron chi connectivity index (χ1n) is 8.05. The van der Waals surface area contributed by atoms with Gasteiger partial charge in [0.1, 0.15) is 16.6 Å². The molecule has 1 amide bonds. The molecule has 26 heavy (non-hydrogen) atoms. The number of aliphatic hydroxyl groups excluding tert-OH is 1. The number of rotatable bonds is 5. The number of aliphatic hydroxyl groups is 1. The SMILES string of the molecule is CC(C)(C)OC(=O)N[C@@H](CO)CN1C[C@@H](F)Cc2c(Br)sc(C(=O)O)c21. The second-order valence-corrected chi connectivity index (χ2v) is 9.41. The number of halogens is 2. The summed E-state index contributed by atoms with van der Waals surface area (Å²) in [6.45, 7) is 4.80. The van der Waals surface area contributed by atoms with E-state index in [0.717, 1.165) is 11.3 Å². The molecular weight excluding hydrogens is 431 g/mol. The number of carboxylic acid groups (broad SMARTS) is 1. The van der Waals surface area contributed by atoms with Crippen molar-refractivity contribution in [3.63, 3.8) is 0 Å². The summed E-state index contributed by atoms with van der Waals surface area (Å²) in [5.74, 6) is -1.10. The van der Waals surface area contributed by atoms with Crippen LogP contribution in [0.15, 0.2) is 3.79 Å². The smallest absolute Gasteiger partial charge is 0.408 e. The molecule has 0 aliphatic carbocycles. The van der Waals surface area contributed by atoms with Gasteiger partial charge in [-0.15, -0.1) is 11.3 Å². The van der Waals surface area contributed by atoms with Gasteiger partial charge < -0.3 is 25.2 Å². The lowest BCUT2D eigenvalue weighted by Gasteiger charge is -2.34. The van der Waals surface area contributed by atoms with E-state index in [2.05, 4.69) is 21.2 Å². The number of alkyl carbamates (subject to hydrolysis) is 1. The Balaban J connectivity index is 2.21. The highest BCUT2D eigenvalue weighted by Crippen LogP contribution is 2.43. The standard InChI is InChI=1S/C16H22BrFN2O5S/c1-16(2,3)25-15(24)19-9(7-21)6-20-5-8(18)4-10-11(20)12(14(22)23)26-13(10)17/h8-9,21H,4-7H2,1-3H3,(H,19,24)(H,22,23)/t8-,9+/m0/s1. The van der Waals surface area contributed by atoms with Gasteiger partial charge in [-0.3, -0.25) is 0 Å². The molecule has 2 heterocycles. The molecule has 0 spiro atoms. The Morgan fingerprint density at radius 3 is 2.69 bits per heavy atom. The van der Waals surface area contributed by atoms with Crippen LogP contribution in [0.25, 0.3) is 0 Å². The zero-order chi connectivity index (χ0) is 19.6. The Morgan fingerprint density at radius 1 is 1.50 bits per heavy atom. The summed E-state index contributed by atoms with van der Waals surface area (Å²) in [5, 5.41) is 21.6. The van der Waals surface area contributed by atoms with E-state index < -0.39 is 36.5 Å². The van der Waals surface area contributed by atoms with Crippen molar-refractivity contribution in [1.82, 2.24) is 5.32 Å². The van der Waals surface area contributed by atoms with Crippen LogP contribution in [0, 0.1) is 0 Å². The van der Waals surface area contributed by atoms with Gasteiger partial charge in [-0.1, -0.05) is 0 Å². The number of hydrogen-bond acceptors (Lipinski definition) is 6. The van der Waals surface area contributed by atoms with Crippen molar-refractivity contribution in [2.24, 2.45) is 0 Å². The maximum Gasteiger partial charge on any atom is 0.408 e. The van der Waals surface area contributed by atoms with Gasteiger partial charge in [-0.25, -0.2) is 14.0 Å². The molecule has 0 aromatic carbocycles. The third-order valence-corrected chi connectivity index (χ3v) is 5.63. The van der Waals surface area contributed by atoms with Crippen LogP contribution in [0.5, 0.6) is 0 Å². The van der Waals surface area contributed by atoms with Crippen LogP contribution in [0.2, 0.25) is 0 Å². The van der Waals surface area contributed by atoms with Crippen LogP contribution in [0.4, 0.5) is 14.9 Å². The molecule has 2 atom stereocenters. The Morgan fingerprint density at radius 2 is 2.15 bits per heavy atom. The average Bonchev–Trinajstić information content (AvgIpc) is 2.82. The second kappa shape index (κ2) is 8.10. The van der Waals surface area contributed by atoms with Crippen molar-refractivity contribution in [3.05, 3.63) is 14.2 Å². The number of alkyl halides is 1. The molecular formula is C16H22BrFN2O5S. The minimum atomic E-state index is -1.17. The highest BCUT2D eigenvalue weighted by Gasteiger charge is 2.34. The summed E-state index contributed by atoms with van der Waals surface area (Å²) in [6.07, 6.45) is -1.74. The molecule has 1 aromatic rings. The normalized spacial score (nSPS) is 18.2. The fourth-order valence-electron chi connectivity index (χ4n) is 2.76. The molecule has 146 valence electrons. The third kappa shape index (κ3) is 5.08. The fraction of sp³-hybridized carbons (Fsp3) is 0.625. The molecule has 0 unspecified atom stereocenters. The Labute approximate surface area is 163 Å². The molecule has 3 N–H and O–H groups in total. The quantitative estimate of drug-likeness (QED) is 0.634. The van der Waals surface area contributed by atoms with Gasteiger partial charge in [-0.05, 0) is 36.7 Å². The number of carboxylic acids is 1. The van der Waals surface area contributed by atoms with Crippen molar-refractivity contribution in [2.75, 3.05) is 24.6 Å². The average molecular weight is 453 g/mol. The summed E-state index contributed by atoms with van der Waals surface area (Å²) >= 11 is 4.34. The maximum atomic E-state index is 14.2. The molecule has 0 saturated heterocycles. The number of ether oxygens (including phenoxy) is 1. The van der Waals surface area contributed by atoms with Gasteiger partial charge in [0, 0.05) is 25.1 Å². The Bertz CT molecular complexity index is 691. The summed E-state index contributed by atoms with van der Waals surface area (Å²) in [5.41, 5.74) is 0.342. The molecule has 7 nitrogen and oxygen atoms in total. The van der Waals surface area contributed by atoms with Crippen LogP contribution in [0.1, 0.15) is 36.0 Å². The van der Waals surface area contributed by atoms with Gasteiger partial charge in [0.25, 0.3) is 0 Å². The summed E-state index contributed by atoms with van der Waals surface area (Å²) < 4.78 is 19.9. The van der Waals surface area contributed by atoms with Crippen molar-refractivity contribution in [1.29, 1.82) is 0 Å². The lowest BCUT2D eigenvalue weighted by Crippen LogP contribution is -2.50. The summed E-state index contributed by atoms with van der Waals surface area (Å²) in [7, 11) is 0. The highest BCUT2D eigenvalue weighted by molar-refractivity contribution is 9.11. The van der Waals surface area contributed by atoms with E-state index in [0.29, 0.717) is 15.0 Å². The van der Waals surface area contributed by atoms with Crippen molar-refractivity contribution < 1.29 is 28.9 Å². The van der Waals surface area contributed by atoms with Crippen molar-refractivity contribution in [3.8, 4) is 0 Å². The number of fused-ring (bicyclic) bond motifs is 1. The Hall–Kier alpha value is -1.39. The monoisotopic (exact) mass is 452 g/mol. The van der Waals surface area contributed by atoms with Gasteiger partial charge in [-0.2, -0.15) is 0 Å². The summed E-state index contributed by atoms with van der Waals surface area (Å²) in [6, 6.07) is -0.733. The van der Waals surface area contributed by atoms with Gasteiger partial charge in [0.2, 0.25) is 0 Å². The van der Waals surface area contributed by atoms with Gasteiger partial charge in [0.15, 0.2) is 0 Å². The predicted molar refractivity (Wildman–Crippen MR) is 100 cm³/mol. The van der Waals surface area contributed by atoms with Crippen LogP contribution in [0.3, 0.4) is 0 Å². The number of amides is 1. The molecule has 10 heteroatoms. The summed E-state index contributed by atoms with van der Waals surface area (Å²) in [4.78, 5) is 25.1. The zero-order valence-corrected chi connectivity index (χ0v) is 17.1. The molecule has 2 rings (SSSR count). The van der Waals surface area contributed by atoms with Crippen molar-refractivity contribution in [2.45, 2.75) is 45.0 Å². The van der Waals surface area contributed by atoms with E-state index in [9.17, 15) is 24.2 Å².